The molecule has 7 nitrogen and oxygen atoms in total. The van der Waals surface area contributed by atoms with Gasteiger partial charge in [0.1, 0.15) is 12.4 Å². The number of fused-ring (bicyclic) bond motifs is 1. The van der Waals surface area contributed by atoms with Crippen LogP contribution in [0, 0.1) is 0 Å². The summed E-state index contributed by atoms with van der Waals surface area (Å²) in [5.74, 6) is 0.416. The Labute approximate surface area is 152 Å². The number of aromatic nitrogens is 1. The lowest BCUT2D eigenvalue weighted by Gasteiger charge is -2.38. The van der Waals surface area contributed by atoms with Gasteiger partial charge in [-0.3, -0.25) is 14.5 Å². The van der Waals surface area contributed by atoms with E-state index in [2.05, 4.69) is 4.98 Å². The lowest BCUT2D eigenvalue weighted by atomic mass is 10.1. The van der Waals surface area contributed by atoms with Gasteiger partial charge in [0, 0.05) is 12.2 Å². The first kappa shape index (κ1) is 17.7. The molecule has 0 atom stereocenters. The molecule has 0 saturated heterocycles. The molecule has 2 heterocycles. The first-order valence-electron chi connectivity index (χ1n) is 8.46. The molecule has 26 heavy (non-hydrogen) atoms. The quantitative estimate of drug-likeness (QED) is 0.909. The Bertz CT molecular complexity index is 836. The number of nitrogens with two attached hydrogens (primary N) is 1. The normalized spacial score (nSPS) is 15.2. The second kappa shape index (κ2) is 6.67. The van der Waals surface area contributed by atoms with E-state index in [9.17, 15) is 9.59 Å². The fraction of sp³-hybridized carbons (Fsp3) is 0.316. The summed E-state index contributed by atoms with van der Waals surface area (Å²) in [6, 6.07) is 12.6. The van der Waals surface area contributed by atoms with Crippen LogP contribution >= 0.6 is 0 Å². The minimum atomic E-state index is -1.09. The van der Waals surface area contributed by atoms with Crippen molar-refractivity contribution in [3.8, 4) is 5.75 Å². The molecule has 2 N–H and O–H groups in total. The van der Waals surface area contributed by atoms with E-state index in [-0.39, 0.29) is 30.0 Å². The highest BCUT2D eigenvalue weighted by Crippen LogP contribution is 2.36. The van der Waals surface area contributed by atoms with E-state index in [0.717, 1.165) is 5.69 Å². The summed E-state index contributed by atoms with van der Waals surface area (Å²) in [6.45, 7) is 5.57. The zero-order chi connectivity index (χ0) is 18.9. The molecule has 1 aromatic heterocycles. The summed E-state index contributed by atoms with van der Waals surface area (Å²) in [5.41, 5.74) is 5.46. The Hall–Kier alpha value is -3.09. The highest BCUT2D eigenvalue weighted by atomic mass is 16.5. The predicted octanol–water partition coefficient (Wildman–Crippen LogP) is 2.22. The molecule has 7 heteroatoms. The minimum Gasteiger partial charge on any atom is -0.474 e. The first-order chi connectivity index (χ1) is 12.3. The smallest absolute Gasteiger partial charge is 0.272 e. The van der Waals surface area contributed by atoms with Crippen LogP contribution in [0.15, 0.2) is 42.5 Å². The van der Waals surface area contributed by atoms with Crippen LogP contribution in [0.1, 0.15) is 20.8 Å². The van der Waals surface area contributed by atoms with Gasteiger partial charge >= 0.3 is 0 Å². The number of hydrogen-bond donors (Lipinski definition) is 1. The summed E-state index contributed by atoms with van der Waals surface area (Å²) in [7, 11) is 0. The topological polar surface area (TPSA) is 88.8 Å². The molecular weight excluding hydrogens is 332 g/mol. The van der Waals surface area contributed by atoms with E-state index in [1.807, 2.05) is 37.3 Å². The Morgan fingerprint density at radius 1 is 1.23 bits per heavy atom. The van der Waals surface area contributed by atoms with Gasteiger partial charge < -0.3 is 15.4 Å². The van der Waals surface area contributed by atoms with E-state index in [1.54, 1.807) is 30.9 Å². The first-order valence-corrected chi connectivity index (χ1v) is 8.46. The molecule has 3 rings (SSSR count). The summed E-state index contributed by atoms with van der Waals surface area (Å²) in [6.07, 6.45) is 0. The van der Waals surface area contributed by atoms with Crippen LogP contribution in [-0.4, -0.2) is 35.5 Å². The highest BCUT2D eigenvalue weighted by Gasteiger charge is 2.43. The van der Waals surface area contributed by atoms with Crippen LogP contribution in [-0.2, 0) is 9.59 Å². The van der Waals surface area contributed by atoms with Crippen molar-refractivity contribution in [2.24, 2.45) is 0 Å². The number of carbonyl (C=O) groups excluding carboxylic acids is 2. The van der Waals surface area contributed by atoms with Crippen LogP contribution in [0.4, 0.5) is 17.3 Å². The molecule has 2 aromatic rings. The third kappa shape index (κ3) is 3.20. The highest BCUT2D eigenvalue weighted by molar-refractivity contribution is 6.07. The summed E-state index contributed by atoms with van der Waals surface area (Å²) < 4.78 is 5.74. The molecule has 0 unspecified atom stereocenters. The molecule has 136 valence electrons. The average Bonchev–Trinajstić information content (AvgIpc) is 2.61. The predicted molar refractivity (Wildman–Crippen MR) is 100 cm³/mol. The number of nitrogens with zero attached hydrogens (tertiary/aromatic N) is 3. The van der Waals surface area contributed by atoms with Gasteiger partial charge in [0.05, 0.1) is 0 Å². The van der Waals surface area contributed by atoms with E-state index in [1.165, 1.54) is 4.90 Å². The second-order valence-corrected chi connectivity index (χ2v) is 6.54. The van der Waals surface area contributed by atoms with Crippen molar-refractivity contribution < 1.29 is 14.3 Å². The van der Waals surface area contributed by atoms with E-state index < -0.39 is 5.60 Å². The van der Waals surface area contributed by atoms with Crippen LogP contribution in [0.2, 0.25) is 0 Å². The van der Waals surface area contributed by atoms with Crippen LogP contribution in [0.25, 0.3) is 0 Å². The maximum Gasteiger partial charge on any atom is 0.272 e. The van der Waals surface area contributed by atoms with Gasteiger partial charge in [-0.1, -0.05) is 18.2 Å². The van der Waals surface area contributed by atoms with Crippen molar-refractivity contribution in [1.82, 2.24) is 4.98 Å². The van der Waals surface area contributed by atoms with Gasteiger partial charge in [0.2, 0.25) is 5.91 Å². The molecule has 0 radical (unpaired) electrons. The fourth-order valence-electron chi connectivity index (χ4n) is 2.94. The van der Waals surface area contributed by atoms with Crippen LogP contribution in [0.3, 0.4) is 0 Å². The average molecular weight is 354 g/mol. The van der Waals surface area contributed by atoms with E-state index in [4.69, 9.17) is 10.5 Å². The number of para-hydroxylation sites is 1. The number of rotatable bonds is 4. The van der Waals surface area contributed by atoms with Crippen LogP contribution in [0.5, 0.6) is 5.75 Å². The molecule has 0 aliphatic carbocycles. The molecule has 0 spiro atoms. The van der Waals surface area contributed by atoms with Gasteiger partial charge in [0.15, 0.2) is 17.2 Å². The van der Waals surface area contributed by atoms with Crippen molar-refractivity contribution in [2.75, 3.05) is 28.6 Å². The van der Waals surface area contributed by atoms with Gasteiger partial charge in [0.25, 0.3) is 5.91 Å². The second-order valence-electron chi connectivity index (χ2n) is 6.54. The Balaban J connectivity index is 1.94. The van der Waals surface area contributed by atoms with Crippen LogP contribution < -0.4 is 20.3 Å². The van der Waals surface area contributed by atoms with Crippen molar-refractivity contribution in [3.63, 3.8) is 0 Å². The Morgan fingerprint density at radius 3 is 2.58 bits per heavy atom. The number of likely N-dealkylation sites (N-methyl/N-ethyl adjacent to an activating group) is 1. The minimum absolute atomic E-state index is 0.141. The molecule has 0 fully saturated rings. The van der Waals surface area contributed by atoms with Gasteiger partial charge in [-0.2, -0.15) is 0 Å². The van der Waals surface area contributed by atoms with Crippen molar-refractivity contribution in [3.05, 3.63) is 42.5 Å². The largest absolute Gasteiger partial charge is 0.474 e. The molecule has 1 aliphatic heterocycles. The SMILES string of the molecule is CCN(C(=O)CN1C(=O)C(C)(C)Oc2ccc(N)nc21)c1ccccc1. The molecule has 0 bridgehead atoms. The standard InChI is InChI=1S/C19H22N4O3/c1-4-22(13-8-6-5-7-9-13)16(24)12-23-17-14(10-11-15(20)21-17)26-19(2,3)18(23)25/h5-11H,4,12H2,1-3H3,(H2,20,21). The molecule has 2 amide bonds. The van der Waals surface area contributed by atoms with Gasteiger partial charge in [-0.05, 0) is 45.0 Å². The monoisotopic (exact) mass is 354 g/mol. The zero-order valence-electron chi connectivity index (χ0n) is 15.1. The molecular formula is C19H22N4O3. The number of nitrogen functional groups attached to an aromatic ring is 1. The number of amides is 2. The summed E-state index contributed by atoms with van der Waals surface area (Å²) >= 11 is 0. The number of benzene rings is 1. The van der Waals surface area contributed by atoms with Gasteiger partial charge in [-0.25, -0.2) is 4.98 Å². The maximum absolute atomic E-state index is 12.9. The van der Waals surface area contributed by atoms with E-state index in [0.29, 0.717) is 12.3 Å². The number of ether oxygens (including phenoxy) is 1. The van der Waals surface area contributed by atoms with Crippen molar-refractivity contribution >= 4 is 29.1 Å². The molecule has 1 aliphatic rings. The molecule has 1 aromatic carbocycles. The molecule has 0 saturated carbocycles. The number of pyridine rings is 1. The summed E-state index contributed by atoms with van der Waals surface area (Å²) in [5, 5.41) is 0. The number of anilines is 3. The maximum atomic E-state index is 12.9. The third-order valence-electron chi connectivity index (χ3n) is 4.22. The van der Waals surface area contributed by atoms with Gasteiger partial charge in [-0.15, -0.1) is 0 Å². The zero-order valence-corrected chi connectivity index (χ0v) is 15.1. The Morgan fingerprint density at radius 2 is 1.92 bits per heavy atom. The fourth-order valence-corrected chi connectivity index (χ4v) is 2.94. The third-order valence-corrected chi connectivity index (χ3v) is 4.22. The van der Waals surface area contributed by atoms with Crippen molar-refractivity contribution in [2.45, 2.75) is 26.4 Å². The number of hydrogen-bond acceptors (Lipinski definition) is 5. The number of carbonyl (C=O) groups is 2. The van der Waals surface area contributed by atoms with E-state index >= 15 is 0 Å². The van der Waals surface area contributed by atoms with Crippen molar-refractivity contribution in [1.29, 1.82) is 0 Å². The lowest BCUT2D eigenvalue weighted by Crippen LogP contribution is -2.55. The lowest BCUT2D eigenvalue weighted by molar-refractivity contribution is -0.134. The Kier molecular flexibility index (Phi) is 4.54. The summed E-state index contributed by atoms with van der Waals surface area (Å²) in [4.78, 5) is 33.0.